The Morgan fingerprint density at radius 2 is 2.00 bits per heavy atom. The molecule has 0 unspecified atom stereocenters. The van der Waals surface area contributed by atoms with Gasteiger partial charge in [-0.1, -0.05) is 39.0 Å². The molecule has 0 atom stereocenters. The van der Waals surface area contributed by atoms with E-state index < -0.39 is 0 Å². The van der Waals surface area contributed by atoms with E-state index in [1.807, 2.05) is 6.07 Å². The molecule has 0 amide bonds. The summed E-state index contributed by atoms with van der Waals surface area (Å²) < 4.78 is 5.20. The predicted molar refractivity (Wildman–Crippen MR) is 73.9 cm³/mol. The van der Waals surface area contributed by atoms with Gasteiger partial charge in [0.25, 0.3) is 0 Å². The van der Waals surface area contributed by atoms with Crippen LogP contribution in [0.4, 0.5) is 0 Å². The molecule has 0 bridgehead atoms. The van der Waals surface area contributed by atoms with Gasteiger partial charge in [0.1, 0.15) is 11.8 Å². The van der Waals surface area contributed by atoms with Gasteiger partial charge in [0.15, 0.2) is 0 Å². The summed E-state index contributed by atoms with van der Waals surface area (Å²) in [5, 5.41) is 8.80. The number of rotatable bonds is 8. The van der Waals surface area contributed by atoms with E-state index in [0.29, 0.717) is 23.4 Å². The molecule has 1 rings (SSSR count). The second kappa shape index (κ2) is 8.36. The van der Waals surface area contributed by atoms with Crippen LogP contribution in [0, 0.1) is 18.3 Å². The van der Waals surface area contributed by atoms with Crippen LogP contribution < -0.4 is 0 Å². The van der Waals surface area contributed by atoms with Gasteiger partial charge in [0, 0.05) is 6.20 Å². The molecule has 104 valence electrons. The third-order valence-corrected chi connectivity index (χ3v) is 3.20. The summed E-state index contributed by atoms with van der Waals surface area (Å²) in [5.41, 5.74) is 1.55. The maximum Gasteiger partial charge on any atom is 0.339 e. The Hall–Kier alpha value is -1.76. The lowest BCUT2D eigenvalue weighted by Gasteiger charge is -2.04. The first-order valence-electron chi connectivity index (χ1n) is 6.95. The molecule has 1 heterocycles. The van der Waals surface area contributed by atoms with Gasteiger partial charge in [-0.2, -0.15) is 5.26 Å². The minimum absolute atomic E-state index is 0.344. The van der Waals surface area contributed by atoms with Crippen LogP contribution in [-0.2, 0) is 4.74 Å². The van der Waals surface area contributed by atoms with Crippen molar-refractivity contribution in [1.29, 1.82) is 5.26 Å². The smallest absolute Gasteiger partial charge is 0.339 e. The zero-order valence-corrected chi connectivity index (χ0v) is 11.8. The quantitative estimate of drug-likeness (QED) is 0.573. The fourth-order valence-electron chi connectivity index (χ4n) is 1.95. The normalized spacial score (nSPS) is 10.2. The van der Waals surface area contributed by atoms with Crippen molar-refractivity contribution in [3.63, 3.8) is 0 Å². The first-order chi connectivity index (χ1) is 9.20. The van der Waals surface area contributed by atoms with Gasteiger partial charge in [0.05, 0.1) is 12.2 Å². The number of nitrogens with zero attached hydrogens (tertiary/aromatic N) is 1. The van der Waals surface area contributed by atoms with Gasteiger partial charge in [-0.05, 0) is 18.9 Å². The monoisotopic (exact) mass is 262 g/mol. The van der Waals surface area contributed by atoms with Crippen molar-refractivity contribution in [2.75, 3.05) is 6.61 Å². The molecule has 0 radical (unpaired) electrons. The maximum absolute atomic E-state index is 11.8. The number of aromatic nitrogens is 1. The van der Waals surface area contributed by atoms with Gasteiger partial charge >= 0.3 is 5.97 Å². The highest BCUT2D eigenvalue weighted by Crippen LogP contribution is 2.13. The first kappa shape index (κ1) is 15.3. The molecule has 4 heteroatoms. The topological polar surface area (TPSA) is 65.9 Å². The molecule has 19 heavy (non-hydrogen) atoms. The number of aromatic amines is 1. The molecule has 0 saturated heterocycles. The Morgan fingerprint density at radius 1 is 1.32 bits per heavy atom. The van der Waals surface area contributed by atoms with Crippen LogP contribution in [0.15, 0.2) is 6.20 Å². The molecule has 1 aromatic rings. The standard InChI is InChI=1S/C15H22N2O2/c1-3-4-5-6-7-8-9-19-15(18)13-11-17-14(10-16)12(13)2/h11,17H,3-9H2,1-2H3. The van der Waals surface area contributed by atoms with Crippen LogP contribution in [0.3, 0.4) is 0 Å². The number of ether oxygens (including phenoxy) is 1. The molecule has 1 aromatic heterocycles. The molecule has 4 nitrogen and oxygen atoms in total. The van der Waals surface area contributed by atoms with Crippen molar-refractivity contribution in [3.05, 3.63) is 23.0 Å². The average Bonchev–Trinajstić information content (AvgIpc) is 2.78. The Labute approximate surface area is 114 Å². The summed E-state index contributed by atoms with van der Waals surface area (Å²) in [4.78, 5) is 14.5. The van der Waals surface area contributed by atoms with Crippen molar-refractivity contribution in [1.82, 2.24) is 4.98 Å². The molecule has 0 aliphatic carbocycles. The van der Waals surface area contributed by atoms with E-state index in [2.05, 4.69) is 11.9 Å². The van der Waals surface area contributed by atoms with Crippen molar-refractivity contribution in [2.24, 2.45) is 0 Å². The van der Waals surface area contributed by atoms with Crippen molar-refractivity contribution in [3.8, 4) is 6.07 Å². The number of hydrogen-bond donors (Lipinski definition) is 1. The summed E-state index contributed by atoms with van der Waals surface area (Å²) in [5.74, 6) is -0.344. The van der Waals surface area contributed by atoms with Crippen molar-refractivity contribution in [2.45, 2.75) is 52.4 Å². The molecular weight excluding hydrogens is 240 g/mol. The molecule has 0 saturated carbocycles. The van der Waals surface area contributed by atoms with Crippen LogP contribution >= 0.6 is 0 Å². The van der Waals surface area contributed by atoms with Crippen molar-refractivity contribution >= 4 is 5.97 Å². The van der Waals surface area contributed by atoms with Gasteiger partial charge in [-0.15, -0.1) is 0 Å². The van der Waals surface area contributed by atoms with E-state index in [9.17, 15) is 4.79 Å². The van der Waals surface area contributed by atoms with E-state index in [0.717, 1.165) is 12.8 Å². The lowest BCUT2D eigenvalue weighted by atomic mass is 10.1. The number of nitrogens with one attached hydrogen (secondary N) is 1. The third kappa shape index (κ3) is 4.78. The van der Waals surface area contributed by atoms with Gasteiger partial charge in [-0.25, -0.2) is 4.79 Å². The summed E-state index contributed by atoms with van der Waals surface area (Å²) in [7, 11) is 0. The molecule has 0 fully saturated rings. The van der Waals surface area contributed by atoms with Crippen LogP contribution in [0.5, 0.6) is 0 Å². The first-order valence-corrected chi connectivity index (χ1v) is 6.95. The highest BCUT2D eigenvalue weighted by Gasteiger charge is 2.14. The number of unbranched alkanes of at least 4 members (excludes halogenated alkanes) is 5. The van der Waals surface area contributed by atoms with Crippen LogP contribution in [0.2, 0.25) is 0 Å². The second-order valence-electron chi connectivity index (χ2n) is 4.72. The highest BCUT2D eigenvalue weighted by atomic mass is 16.5. The van der Waals surface area contributed by atoms with E-state index in [1.54, 1.807) is 6.92 Å². The zero-order valence-electron chi connectivity index (χ0n) is 11.8. The highest BCUT2D eigenvalue weighted by molar-refractivity contribution is 5.91. The molecule has 0 aliphatic rings. The van der Waals surface area contributed by atoms with E-state index in [4.69, 9.17) is 10.00 Å². The van der Waals surface area contributed by atoms with Crippen LogP contribution in [-0.4, -0.2) is 17.6 Å². The Balaban J connectivity index is 2.24. The summed E-state index contributed by atoms with van der Waals surface area (Å²) >= 11 is 0. The van der Waals surface area contributed by atoms with Crippen LogP contribution in [0.25, 0.3) is 0 Å². The summed E-state index contributed by atoms with van der Waals surface area (Å²) in [6.45, 7) is 4.39. The lowest BCUT2D eigenvalue weighted by Crippen LogP contribution is -2.07. The van der Waals surface area contributed by atoms with Gasteiger partial charge in [0.2, 0.25) is 0 Å². The molecule has 1 N–H and O–H groups in total. The number of H-pyrrole nitrogens is 1. The third-order valence-electron chi connectivity index (χ3n) is 3.20. The molecule has 0 aromatic carbocycles. The average molecular weight is 262 g/mol. The predicted octanol–water partition coefficient (Wildman–Crippen LogP) is 3.71. The molecular formula is C15H22N2O2. The Morgan fingerprint density at radius 3 is 2.63 bits per heavy atom. The Bertz CT molecular complexity index is 443. The number of hydrogen-bond acceptors (Lipinski definition) is 3. The van der Waals surface area contributed by atoms with E-state index >= 15 is 0 Å². The number of carbonyl (C=O) groups excluding carboxylic acids is 1. The number of esters is 1. The number of carbonyl (C=O) groups is 1. The summed E-state index contributed by atoms with van der Waals surface area (Å²) in [6.07, 6.45) is 8.52. The Kier molecular flexibility index (Phi) is 6.73. The fraction of sp³-hybridized carbons (Fsp3) is 0.600. The van der Waals surface area contributed by atoms with Gasteiger partial charge in [-0.3, -0.25) is 0 Å². The zero-order chi connectivity index (χ0) is 14.1. The SMILES string of the molecule is CCCCCCCCOC(=O)c1c[nH]c(C#N)c1C. The fourth-order valence-corrected chi connectivity index (χ4v) is 1.95. The van der Waals surface area contributed by atoms with E-state index in [-0.39, 0.29) is 5.97 Å². The molecule has 0 spiro atoms. The lowest BCUT2D eigenvalue weighted by molar-refractivity contribution is 0.0497. The minimum atomic E-state index is -0.344. The number of nitriles is 1. The van der Waals surface area contributed by atoms with E-state index in [1.165, 1.54) is 31.9 Å². The summed E-state index contributed by atoms with van der Waals surface area (Å²) in [6, 6.07) is 2.00. The second-order valence-corrected chi connectivity index (χ2v) is 4.72. The van der Waals surface area contributed by atoms with Crippen LogP contribution in [0.1, 0.15) is 67.1 Å². The van der Waals surface area contributed by atoms with Crippen molar-refractivity contribution < 1.29 is 9.53 Å². The van der Waals surface area contributed by atoms with Gasteiger partial charge < -0.3 is 9.72 Å². The largest absolute Gasteiger partial charge is 0.462 e. The molecule has 0 aliphatic heterocycles. The minimum Gasteiger partial charge on any atom is -0.462 e. The maximum atomic E-state index is 11.8.